The summed E-state index contributed by atoms with van der Waals surface area (Å²) in [5.41, 5.74) is 1.78. The van der Waals surface area contributed by atoms with Gasteiger partial charge < -0.3 is 10.6 Å². The van der Waals surface area contributed by atoms with Crippen LogP contribution in [0.25, 0.3) is 17.1 Å². The lowest BCUT2D eigenvalue weighted by Gasteiger charge is -2.26. The van der Waals surface area contributed by atoms with Gasteiger partial charge in [0.25, 0.3) is 5.91 Å². The Hall–Kier alpha value is -2.74. The predicted octanol–water partition coefficient (Wildman–Crippen LogP) is 1.99. The monoisotopic (exact) mass is 412 g/mol. The lowest BCUT2D eigenvalue weighted by molar-refractivity contribution is 0.0937. The van der Waals surface area contributed by atoms with E-state index in [9.17, 15) is 4.79 Å². The first-order valence-corrected chi connectivity index (χ1v) is 9.60. The number of carbonyl (C=O) groups is 1. The van der Waals surface area contributed by atoms with Crippen molar-refractivity contribution >= 4 is 18.3 Å². The van der Waals surface area contributed by atoms with Gasteiger partial charge in [0.05, 0.1) is 5.69 Å². The van der Waals surface area contributed by atoms with Gasteiger partial charge in [-0.1, -0.05) is 48.5 Å². The van der Waals surface area contributed by atoms with Crippen molar-refractivity contribution in [2.45, 2.75) is 0 Å². The van der Waals surface area contributed by atoms with Gasteiger partial charge in [0, 0.05) is 44.8 Å². The molecule has 3 aromatic rings. The molecule has 1 aliphatic heterocycles. The molecule has 152 valence electrons. The van der Waals surface area contributed by atoms with Gasteiger partial charge in [-0.2, -0.15) is 0 Å². The minimum Gasteiger partial charge on any atom is -0.348 e. The summed E-state index contributed by atoms with van der Waals surface area (Å²) >= 11 is 0. The number of halogens is 1. The second-order valence-corrected chi connectivity index (χ2v) is 6.72. The minimum absolute atomic E-state index is 0. The zero-order chi connectivity index (χ0) is 19.2. The molecule has 2 heterocycles. The molecular formula is C21H25ClN6O. The Morgan fingerprint density at radius 2 is 1.66 bits per heavy atom. The van der Waals surface area contributed by atoms with Crippen LogP contribution in [0.15, 0.2) is 60.7 Å². The van der Waals surface area contributed by atoms with Crippen LogP contribution in [-0.4, -0.2) is 64.8 Å². The molecule has 1 amide bonds. The van der Waals surface area contributed by atoms with Crippen LogP contribution in [-0.2, 0) is 0 Å². The first kappa shape index (κ1) is 21.0. The summed E-state index contributed by atoms with van der Waals surface area (Å²) in [6.07, 6.45) is 0. The van der Waals surface area contributed by atoms with Crippen LogP contribution in [0.2, 0.25) is 0 Å². The summed E-state index contributed by atoms with van der Waals surface area (Å²) in [5.74, 6) is 0.587. The van der Waals surface area contributed by atoms with Crippen molar-refractivity contribution in [2.75, 3.05) is 39.3 Å². The fourth-order valence-corrected chi connectivity index (χ4v) is 3.27. The summed E-state index contributed by atoms with van der Waals surface area (Å²) in [6.45, 7) is 5.43. The van der Waals surface area contributed by atoms with E-state index in [1.165, 1.54) is 0 Å². The maximum absolute atomic E-state index is 12.6. The highest BCUT2D eigenvalue weighted by Crippen LogP contribution is 2.20. The van der Waals surface area contributed by atoms with Crippen molar-refractivity contribution in [1.82, 2.24) is 30.3 Å². The van der Waals surface area contributed by atoms with E-state index in [1.54, 1.807) is 4.68 Å². The standard InChI is InChI=1S/C21H24N6O.ClH/c28-21(23-13-16-26-14-11-22-12-15-26)19-24-20(17-7-3-1-4-8-17)27(25-19)18-9-5-2-6-10-18;/h1-10,22H,11-16H2,(H,23,28);1H. The number of amides is 1. The number of nitrogens with one attached hydrogen (secondary N) is 2. The molecule has 0 spiro atoms. The molecule has 0 bridgehead atoms. The zero-order valence-corrected chi connectivity index (χ0v) is 16.9. The van der Waals surface area contributed by atoms with E-state index in [4.69, 9.17) is 0 Å². The van der Waals surface area contributed by atoms with E-state index < -0.39 is 0 Å². The molecule has 1 aromatic heterocycles. The number of rotatable bonds is 6. The fraction of sp³-hybridized carbons (Fsp3) is 0.286. The molecule has 0 aliphatic carbocycles. The van der Waals surface area contributed by atoms with Crippen molar-refractivity contribution in [3.63, 3.8) is 0 Å². The highest BCUT2D eigenvalue weighted by molar-refractivity contribution is 5.91. The molecule has 7 nitrogen and oxygen atoms in total. The molecule has 0 atom stereocenters. The van der Waals surface area contributed by atoms with Crippen LogP contribution in [0.3, 0.4) is 0 Å². The summed E-state index contributed by atoms with van der Waals surface area (Å²) in [5, 5.41) is 10.8. The van der Waals surface area contributed by atoms with Gasteiger partial charge in [-0.25, -0.2) is 9.67 Å². The van der Waals surface area contributed by atoms with E-state index in [1.807, 2.05) is 60.7 Å². The second kappa shape index (κ2) is 10.2. The zero-order valence-electron chi connectivity index (χ0n) is 16.1. The average Bonchev–Trinajstić information content (AvgIpc) is 3.21. The highest BCUT2D eigenvalue weighted by Gasteiger charge is 2.19. The third kappa shape index (κ3) is 5.20. The molecule has 0 unspecified atom stereocenters. The minimum atomic E-state index is -0.248. The molecule has 2 aromatic carbocycles. The largest absolute Gasteiger partial charge is 0.348 e. The first-order chi connectivity index (χ1) is 13.8. The van der Waals surface area contributed by atoms with E-state index in [-0.39, 0.29) is 24.1 Å². The smallest absolute Gasteiger partial charge is 0.291 e. The number of hydrogen-bond donors (Lipinski definition) is 2. The molecule has 2 N–H and O–H groups in total. The van der Waals surface area contributed by atoms with Crippen LogP contribution in [0.5, 0.6) is 0 Å². The number of piperazine rings is 1. The topological polar surface area (TPSA) is 75.1 Å². The van der Waals surface area contributed by atoms with E-state index in [0.717, 1.165) is 44.0 Å². The van der Waals surface area contributed by atoms with E-state index in [0.29, 0.717) is 12.4 Å². The molecule has 1 saturated heterocycles. The number of aromatic nitrogens is 3. The highest BCUT2D eigenvalue weighted by atomic mass is 35.5. The second-order valence-electron chi connectivity index (χ2n) is 6.72. The van der Waals surface area contributed by atoms with Gasteiger partial charge in [-0.05, 0) is 12.1 Å². The Labute approximate surface area is 176 Å². The molecule has 8 heteroatoms. The number of para-hydroxylation sites is 1. The van der Waals surface area contributed by atoms with E-state index >= 15 is 0 Å². The first-order valence-electron chi connectivity index (χ1n) is 9.60. The lowest BCUT2D eigenvalue weighted by Crippen LogP contribution is -2.46. The molecule has 0 saturated carbocycles. The van der Waals surface area contributed by atoms with Crippen LogP contribution >= 0.6 is 12.4 Å². The van der Waals surface area contributed by atoms with Crippen molar-refractivity contribution in [2.24, 2.45) is 0 Å². The normalized spacial score (nSPS) is 14.2. The number of carbonyl (C=O) groups excluding carboxylic acids is 1. The third-order valence-corrected chi connectivity index (χ3v) is 4.77. The number of hydrogen-bond acceptors (Lipinski definition) is 5. The van der Waals surface area contributed by atoms with Crippen molar-refractivity contribution < 1.29 is 4.79 Å². The number of benzene rings is 2. The van der Waals surface area contributed by atoms with Crippen LogP contribution in [0.1, 0.15) is 10.6 Å². The van der Waals surface area contributed by atoms with Crippen molar-refractivity contribution in [3.8, 4) is 17.1 Å². The maximum Gasteiger partial charge on any atom is 0.291 e. The SMILES string of the molecule is Cl.O=C(NCCN1CCNCC1)c1nc(-c2ccccc2)n(-c2ccccc2)n1. The van der Waals surface area contributed by atoms with Crippen LogP contribution < -0.4 is 10.6 Å². The van der Waals surface area contributed by atoms with Crippen molar-refractivity contribution in [3.05, 3.63) is 66.5 Å². The summed E-state index contributed by atoms with van der Waals surface area (Å²) in [6, 6.07) is 19.5. The van der Waals surface area contributed by atoms with Crippen LogP contribution in [0.4, 0.5) is 0 Å². The summed E-state index contributed by atoms with van der Waals surface area (Å²) in [4.78, 5) is 19.5. The third-order valence-electron chi connectivity index (χ3n) is 4.77. The lowest BCUT2D eigenvalue weighted by atomic mass is 10.2. The molecular weight excluding hydrogens is 388 g/mol. The molecule has 1 fully saturated rings. The summed E-state index contributed by atoms with van der Waals surface area (Å²) in [7, 11) is 0. The van der Waals surface area contributed by atoms with Gasteiger partial charge in [-0.3, -0.25) is 9.69 Å². The van der Waals surface area contributed by atoms with Gasteiger partial charge in [-0.15, -0.1) is 17.5 Å². The Kier molecular flexibility index (Phi) is 7.35. The van der Waals surface area contributed by atoms with Crippen LogP contribution in [0, 0.1) is 0 Å². The molecule has 1 aliphatic rings. The van der Waals surface area contributed by atoms with Gasteiger partial charge in [0.15, 0.2) is 5.82 Å². The molecule has 0 radical (unpaired) electrons. The Balaban J connectivity index is 0.00000240. The van der Waals surface area contributed by atoms with Gasteiger partial charge in [0.1, 0.15) is 0 Å². The quantitative estimate of drug-likeness (QED) is 0.647. The van der Waals surface area contributed by atoms with E-state index in [2.05, 4.69) is 25.6 Å². The molecule has 4 rings (SSSR count). The Bertz CT molecular complexity index is 852. The Morgan fingerprint density at radius 3 is 2.34 bits per heavy atom. The van der Waals surface area contributed by atoms with Gasteiger partial charge in [0.2, 0.25) is 5.82 Å². The Morgan fingerprint density at radius 1 is 1.00 bits per heavy atom. The number of nitrogens with zero attached hydrogens (tertiary/aromatic N) is 4. The fourth-order valence-electron chi connectivity index (χ4n) is 3.27. The molecule has 29 heavy (non-hydrogen) atoms. The van der Waals surface area contributed by atoms with Crippen molar-refractivity contribution in [1.29, 1.82) is 0 Å². The average molecular weight is 413 g/mol. The summed E-state index contributed by atoms with van der Waals surface area (Å²) < 4.78 is 1.72. The predicted molar refractivity (Wildman–Crippen MR) is 116 cm³/mol. The maximum atomic E-state index is 12.6. The van der Waals surface area contributed by atoms with Gasteiger partial charge >= 0.3 is 0 Å².